The predicted molar refractivity (Wildman–Crippen MR) is 65.4 cm³/mol. The number of methoxy groups -OCH3 is 2. The summed E-state index contributed by atoms with van der Waals surface area (Å²) < 4.78 is 25.8. The normalized spacial score (nSPS) is 10.9. The van der Waals surface area contributed by atoms with E-state index in [-0.39, 0.29) is 0 Å². The fraction of sp³-hybridized carbons (Fsp3) is 1.00. The lowest BCUT2D eigenvalue weighted by Gasteiger charge is -2.06. The van der Waals surface area contributed by atoms with E-state index in [9.17, 15) is 0 Å². The summed E-state index contributed by atoms with van der Waals surface area (Å²) in [5, 5.41) is 0. The van der Waals surface area contributed by atoms with Crippen molar-refractivity contribution < 1.29 is 23.7 Å². The van der Waals surface area contributed by atoms with E-state index >= 15 is 0 Å². The molecule has 0 N–H and O–H groups in total. The molecule has 17 heavy (non-hydrogen) atoms. The summed E-state index contributed by atoms with van der Waals surface area (Å²) in [6, 6.07) is 0. The molecule has 0 spiro atoms. The van der Waals surface area contributed by atoms with E-state index in [1.165, 1.54) is 0 Å². The molecule has 0 atom stereocenters. The van der Waals surface area contributed by atoms with Crippen LogP contribution in [0.2, 0.25) is 0 Å². The van der Waals surface area contributed by atoms with Crippen LogP contribution < -0.4 is 0 Å². The van der Waals surface area contributed by atoms with Crippen LogP contribution in [0.25, 0.3) is 0 Å². The zero-order valence-electron chi connectivity index (χ0n) is 11.1. The van der Waals surface area contributed by atoms with Crippen LogP contribution in [0.3, 0.4) is 0 Å². The Morgan fingerprint density at radius 1 is 0.471 bits per heavy atom. The fourth-order valence-electron chi connectivity index (χ4n) is 1.12. The average Bonchev–Trinajstić information content (AvgIpc) is 2.35. The number of ether oxygens (including phenoxy) is 5. The van der Waals surface area contributed by atoms with Crippen LogP contribution >= 0.6 is 0 Å². The SMILES string of the molecule is COCCOCCCOCCCOCCOC. The van der Waals surface area contributed by atoms with Gasteiger partial charge in [-0.1, -0.05) is 0 Å². The molecule has 0 aromatic heterocycles. The number of hydrogen-bond acceptors (Lipinski definition) is 5. The lowest BCUT2D eigenvalue weighted by molar-refractivity contribution is 0.0376. The van der Waals surface area contributed by atoms with E-state index in [1.54, 1.807) is 14.2 Å². The Balaban J connectivity index is 2.85. The monoisotopic (exact) mass is 250 g/mol. The first-order valence-corrected chi connectivity index (χ1v) is 6.13. The molecule has 0 saturated heterocycles. The summed E-state index contributed by atoms with van der Waals surface area (Å²) in [6.45, 7) is 5.56. The summed E-state index contributed by atoms with van der Waals surface area (Å²) in [6.07, 6.45) is 1.85. The minimum atomic E-state index is 0.652. The molecular formula is C12H26O5. The van der Waals surface area contributed by atoms with Gasteiger partial charge in [-0.05, 0) is 12.8 Å². The maximum Gasteiger partial charge on any atom is 0.0700 e. The van der Waals surface area contributed by atoms with Crippen molar-refractivity contribution in [1.82, 2.24) is 0 Å². The van der Waals surface area contributed by atoms with Gasteiger partial charge in [0.2, 0.25) is 0 Å². The van der Waals surface area contributed by atoms with Crippen molar-refractivity contribution >= 4 is 0 Å². The molecule has 0 heterocycles. The molecule has 0 bridgehead atoms. The van der Waals surface area contributed by atoms with Gasteiger partial charge in [0.25, 0.3) is 0 Å². The van der Waals surface area contributed by atoms with Crippen molar-refractivity contribution in [2.24, 2.45) is 0 Å². The van der Waals surface area contributed by atoms with Gasteiger partial charge in [0.15, 0.2) is 0 Å². The lowest BCUT2D eigenvalue weighted by atomic mass is 10.4. The minimum Gasteiger partial charge on any atom is -0.382 e. The third kappa shape index (κ3) is 15.8. The van der Waals surface area contributed by atoms with E-state index in [0.29, 0.717) is 26.4 Å². The van der Waals surface area contributed by atoms with Gasteiger partial charge in [0.05, 0.1) is 26.4 Å². The quantitative estimate of drug-likeness (QED) is 0.432. The molecule has 104 valence electrons. The molecule has 5 heteroatoms. The summed E-state index contributed by atoms with van der Waals surface area (Å²) in [5.41, 5.74) is 0. The molecule has 0 aromatic carbocycles. The van der Waals surface area contributed by atoms with Gasteiger partial charge in [0, 0.05) is 40.6 Å². The van der Waals surface area contributed by atoms with Gasteiger partial charge in [-0.15, -0.1) is 0 Å². The first-order valence-electron chi connectivity index (χ1n) is 6.13. The Bertz CT molecular complexity index is 118. The van der Waals surface area contributed by atoms with Gasteiger partial charge >= 0.3 is 0 Å². The predicted octanol–water partition coefficient (Wildman–Crippen LogP) is 1.11. The van der Waals surface area contributed by atoms with Gasteiger partial charge in [-0.2, -0.15) is 0 Å². The third-order valence-corrected chi connectivity index (χ3v) is 2.02. The molecule has 0 unspecified atom stereocenters. The molecule has 0 saturated carbocycles. The molecule has 0 aromatic rings. The van der Waals surface area contributed by atoms with Crippen molar-refractivity contribution in [1.29, 1.82) is 0 Å². The standard InChI is InChI=1S/C12H26O5/c1-13-9-11-16-7-3-5-15-6-4-8-17-12-10-14-2/h3-12H2,1-2H3. The van der Waals surface area contributed by atoms with Crippen LogP contribution in [0.4, 0.5) is 0 Å². The van der Waals surface area contributed by atoms with Crippen molar-refractivity contribution in [3.05, 3.63) is 0 Å². The van der Waals surface area contributed by atoms with E-state index in [1.807, 2.05) is 0 Å². The molecule has 0 aliphatic carbocycles. The highest BCUT2D eigenvalue weighted by molar-refractivity contribution is 4.38. The summed E-state index contributed by atoms with van der Waals surface area (Å²) in [4.78, 5) is 0. The van der Waals surface area contributed by atoms with Gasteiger partial charge < -0.3 is 23.7 Å². The largest absolute Gasteiger partial charge is 0.382 e. The second-order valence-corrected chi connectivity index (χ2v) is 3.53. The number of rotatable bonds is 14. The Kier molecular flexibility index (Phi) is 15.6. The van der Waals surface area contributed by atoms with Crippen molar-refractivity contribution in [3.8, 4) is 0 Å². The first-order chi connectivity index (χ1) is 8.41. The molecular weight excluding hydrogens is 224 g/mol. The molecule has 0 aliphatic heterocycles. The second-order valence-electron chi connectivity index (χ2n) is 3.53. The fourth-order valence-corrected chi connectivity index (χ4v) is 1.12. The van der Waals surface area contributed by atoms with Crippen molar-refractivity contribution in [2.45, 2.75) is 12.8 Å². The summed E-state index contributed by atoms with van der Waals surface area (Å²) >= 11 is 0. The third-order valence-electron chi connectivity index (χ3n) is 2.02. The molecule has 0 aliphatic rings. The van der Waals surface area contributed by atoms with Crippen molar-refractivity contribution in [2.75, 3.05) is 67.1 Å². The van der Waals surface area contributed by atoms with Crippen LogP contribution in [0.5, 0.6) is 0 Å². The first kappa shape index (κ1) is 16.8. The summed E-state index contributed by atoms with van der Waals surface area (Å²) in [5.74, 6) is 0. The van der Waals surface area contributed by atoms with Gasteiger partial charge in [-0.25, -0.2) is 0 Å². The van der Waals surface area contributed by atoms with Crippen LogP contribution in [0.15, 0.2) is 0 Å². The highest BCUT2D eigenvalue weighted by Gasteiger charge is 1.92. The van der Waals surface area contributed by atoms with Crippen LogP contribution in [0, 0.1) is 0 Å². The molecule has 0 rings (SSSR count). The van der Waals surface area contributed by atoms with E-state index in [2.05, 4.69) is 0 Å². The Morgan fingerprint density at radius 2 is 0.824 bits per heavy atom. The zero-order valence-corrected chi connectivity index (χ0v) is 11.1. The minimum absolute atomic E-state index is 0.652. The summed E-state index contributed by atoms with van der Waals surface area (Å²) in [7, 11) is 3.34. The van der Waals surface area contributed by atoms with Crippen LogP contribution in [-0.4, -0.2) is 67.1 Å². The van der Waals surface area contributed by atoms with E-state index in [4.69, 9.17) is 23.7 Å². The maximum absolute atomic E-state index is 5.42. The van der Waals surface area contributed by atoms with Crippen LogP contribution in [0.1, 0.15) is 12.8 Å². The second kappa shape index (κ2) is 15.8. The van der Waals surface area contributed by atoms with Crippen molar-refractivity contribution in [3.63, 3.8) is 0 Å². The van der Waals surface area contributed by atoms with E-state index < -0.39 is 0 Å². The lowest BCUT2D eigenvalue weighted by Crippen LogP contribution is -2.08. The zero-order chi connectivity index (χ0) is 12.6. The van der Waals surface area contributed by atoms with E-state index in [0.717, 1.165) is 39.3 Å². The average molecular weight is 250 g/mol. The molecule has 5 nitrogen and oxygen atoms in total. The topological polar surface area (TPSA) is 46.2 Å². The van der Waals surface area contributed by atoms with Gasteiger partial charge in [-0.3, -0.25) is 0 Å². The van der Waals surface area contributed by atoms with Gasteiger partial charge in [0.1, 0.15) is 0 Å². The highest BCUT2D eigenvalue weighted by Crippen LogP contribution is 1.89. The smallest absolute Gasteiger partial charge is 0.0700 e. The molecule has 0 radical (unpaired) electrons. The Labute approximate surface area is 104 Å². The molecule has 0 amide bonds. The number of hydrogen-bond donors (Lipinski definition) is 0. The Hall–Kier alpha value is -0.200. The maximum atomic E-state index is 5.42. The molecule has 0 fully saturated rings. The van der Waals surface area contributed by atoms with Crippen LogP contribution in [-0.2, 0) is 23.7 Å². The Morgan fingerprint density at radius 3 is 1.18 bits per heavy atom. The highest BCUT2D eigenvalue weighted by atomic mass is 16.5.